The number of rotatable bonds is 6. The Morgan fingerprint density at radius 1 is 1.12 bits per heavy atom. The molecule has 1 aromatic carbocycles. The van der Waals surface area contributed by atoms with Crippen LogP contribution in [-0.4, -0.2) is 63.2 Å². The number of nitrogens with zero attached hydrogens (tertiary/aromatic N) is 2. The molecule has 134 valence electrons. The third-order valence-corrected chi connectivity index (χ3v) is 7.02. The molecule has 0 atom stereocenters. The van der Waals surface area contributed by atoms with Crippen molar-refractivity contribution >= 4 is 27.1 Å². The molecule has 0 radical (unpaired) electrons. The fraction of sp³-hybridized carbons (Fsp3) is 0.353. The smallest absolute Gasteiger partial charge is 0.243 e. The lowest BCUT2D eigenvalue weighted by molar-refractivity contribution is 0.0905. The predicted octanol–water partition coefficient (Wildman–Crippen LogP) is 1.95. The maximum absolute atomic E-state index is 12.7. The summed E-state index contributed by atoms with van der Waals surface area (Å²) < 4.78 is 31.9. The van der Waals surface area contributed by atoms with Crippen LogP contribution in [0.15, 0.2) is 46.7 Å². The van der Waals surface area contributed by atoms with Crippen molar-refractivity contribution in [3.8, 4) is 5.75 Å². The van der Waals surface area contributed by atoms with E-state index in [0.29, 0.717) is 38.5 Å². The van der Waals surface area contributed by atoms with Gasteiger partial charge in [-0.1, -0.05) is 6.07 Å². The maximum Gasteiger partial charge on any atom is 0.243 e. The quantitative estimate of drug-likeness (QED) is 0.717. The molecule has 3 rings (SSSR count). The van der Waals surface area contributed by atoms with Gasteiger partial charge in [0, 0.05) is 26.2 Å². The molecule has 2 heterocycles. The summed E-state index contributed by atoms with van der Waals surface area (Å²) in [7, 11) is -1.97. The van der Waals surface area contributed by atoms with Crippen LogP contribution in [0.5, 0.6) is 5.75 Å². The SMILES string of the molecule is COc1ccc(S(=O)(=O)N2CCN(CC(=O)c3cccs3)CC2)cc1. The second kappa shape index (κ2) is 7.65. The lowest BCUT2D eigenvalue weighted by Gasteiger charge is -2.33. The predicted molar refractivity (Wildman–Crippen MR) is 96.8 cm³/mol. The number of hydrogen-bond acceptors (Lipinski definition) is 6. The van der Waals surface area contributed by atoms with Gasteiger partial charge in [0.2, 0.25) is 10.0 Å². The number of sulfonamides is 1. The first kappa shape index (κ1) is 18.1. The van der Waals surface area contributed by atoms with Gasteiger partial charge in [-0.2, -0.15) is 4.31 Å². The molecule has 0 bridgehead atoms. The minimum atomic E-state index is -3.51. The molecule has 1 aliphatic heterocycles. The lowest BCUT2D eigenvalue weighted by atomic mass is 10.2. The van der Waals surface area contributed by atoms with Crippen molar-refractivity contribution < 1.29 is 17.9 Å². The zero-order valence-electron chi connectivity index (χ0n) is 13.9. The van der Waals surface area contributed by atoms with E-state index in [4.69, 9.17) is 4.74 Å². The standard InChI is InChI=1S/C17H20N2O4S2/c1-23-14-4-6-15(7-5-14)25(21,22)19-10-8-18(9-11-19)13-16(20)17-3-2-12-24-17/h2-7,12H,8-11,13H2,1H3. The summed E-state index contributed by atoms with van der Waals surface area (Å²) in [5, 5.41) is 1.88. The number of thiophene rings is 1. The molecule has 1 fully saturated rings. The van der Waals surface area contributed by atoms with Crippen LogP contribution >= 0.6 is 11.3 Å². The summed E-state index contributed by atoms with van der Waals surface area (Å²) in [5.74, 6) is 0.706. The Hall–Kier alpha value is -1.74. The van der Waals surface area contributed by atoms with Crippen molar-refractivity contribution in [2.45, 2.75) is 4.90 Å². The molecule has 8 heteroatoms. The van der Waals surface area contributed by atoms with Gasteiger partial charge in [0.1, 0.15) is 5.75 Å². The molecule has 0 aliphatic carbocycles. The lowest BCUT2D eigenvalue weighted by Crippen LogP contribution is -2.49. The van der Waals surface area contributed by atoms with Crippen LogP contribution < -0.4 is 4.74 Å². The topological polar surface area (TPSA) is 66.9 Å². The highest BCUT2D eigenvalue weighted by Gasteiger charge is 2.29. The van der Waals surface area contributed by atoms with Gasteiger partial charge < -0.3 is 4.74 Å². The molecule has 6 nitrogen and oxygen atoms in total. The summed E-state index contributed by atoms with van der Waals surface area (Å²) in [5.41, 5.74) is 0. The van der Waals surface area contributed by atoms with Crippen molar-refractivity contribution in [3.05, 3.63) is 46.7 Å². The average molecular weight is 380 g/mol. The van der Waals surface area contributed by atoms with E-state index in [1.165, 1.54) is 15.6 Å². The van der Waals surface area contributed by atoms with Crippen LogP contribution in [0.4, 0.5) is 0 Å². The van der Waals surface area contributed by atoms with Crippen LogP contribution in [0, 0.1) is 0 Å². The van der Waals surface area contributed by atoms with E-state index in [-0.39, 0.29) is 10.7 Å². The van der Waals surface area contributed by atoms with Gasteiger partial charge in [0.15, 0.2) is 5.78 Å². The minimum Gasteiger partial charge on any atom is -0.497 e. The first-order valence-electron chi connectivity index (χ1n) is 7.94. The number of ketones is 1. The Labute approximate surface area is 151 Å². The zero-order valence-corrected chi connectivity index (χ0v) is 15.6. The normalized spacial score (nSPS) is 16.7. The van der Waals surface area contributed by atoms with Crippen molar-refractivity contribution in [2.75, 3.05) is 39.8 Å². The summed E-state index contributed by atoms with van der Waals surface area (Å²) in [6.07, 6.45) is 0. The highest BCUT2D eigenvalue weighted by atomic mass is 32.2. The Morgan fingerprint density at radius 3 is 2.36 bits per heavy atom. The number of methoxy groups -OCH3 is 1. The van der Waals surface area contributed by atoms with E-state index < -0.39 is 10.0 Å². The molecule has 1 aliphatic rings. The Bertz CT molecular complexity index is 809. The zero-order chi connectivity index (χ0) is 17.9. The molecular formula is C17H20N2O4S2. The van der Waals surface area contributed by atoms with Crippen molar-refractivity contribution in [3.63, 3.8) is 0 Å². The molecule has 0 saturated carbocycles. The van der Waals surface area contributed by atoms with E-state index in [1.54, 1.807) is 31.4 Å². The van der Waals surface area contributed by atoms with Crippen LogP contribution in [0.25, 0.3) is 0 Å². The number of carbonyl (C=O) groups is 1. The van der Waals surface area contributed by atoms with Crippen molar-refractivity contribution in [1.29, 1.82) is 0 Å². The Balaban J connectivity index is 1.60. The molecule has 0 unspecified atom stereocenters. The van der Waals surface area contributed by atoms with E-state index in [1.807, 2.05) is 22.4 Å². The average Bonchev–Trinajstić information content (AvgIpc) is 3.17. The van der Waals surface area contributed by atoms with Crippen LogP contribution in [0.2, 0.25) is 0 Å². The number of piperazine rings is 1. The van der Waals surface area contributed by atoms with E-state index in [0.717, 1.165) is 4.88 Å². The molecule has 2 aromatic rings. The van der Waals surface area contributed by atoms with Gasteiger partial charge >= 0.3 is 0 Å². The maximum atomic E-state index is 12.7. The first-order chi connectivity index (χ1) is 12.0. The number of ether oxygens (including phenoxy) is 1. The largest absolute Gasteiger partial charge is 0.497 e. The van der Waals surface area contributed by atoms with Gasteiger partial charge in [-0.3, -0.25) is 9.69 Å². The van der Waals surface area contributed by atoms with E-state index in [9.17, 15) is 13.2 Å². The molecule has 1 aromatic heterocycles. The molecule has 25 heavy (non-hydrogen) atoms. The highest BCUT2D eigenvalue weighted by molar-refractivity contribution is 7.89. The fourth-order valence-electron chi connectivity index (χ4n) is 2.74. The molecular weight excluding hydrogens is 360 g/mol. The Kier molecular flexibility index (Phi) is 5.53. The number of Topliss-reactive ketones (excluding diaryl/α,β-unsaturated/α-hetero) is 1. The molecule has 0 amide bonds. The number of hydrogen-bond donors (Lipinski definition) is 0. The van der Waals surface area contributed by atoms with Crippen LogP contribution in [-0.2, 0) is 10.0 Å². The van der Waals surface area contributed by atoms with Crippen molar-refractivity contribution in [2.24, 2.45) is 0 Å². The van der Waals surface area contributed by atoms with Crippen LogP contribution in [0.3, 0.4) is 0 Å². The fourth-order valence-corrected chi connectivity index (χ4v) is 4.82. The molecule has 1 saturated heterocycles. The Morgan fingerprint density at radius 2 is 1.80 bits per heavy atom. The third-order valence-electron chi connectivity index (χ3n) is 4.19. The number of benzene rings is 1. The molecule has 0 spiro atoms. The van der Waals surface area contributed by atoms with E-state index >= 15 is 0 Å². The van der Waals surface area contributed by atoms with Gasteiger partial charge in [-0.25, -0.2) is 8.42 Å². The van der Waals surface area contributed by atoms with Crippen molar-refractivity contribution in [1.82, 2.24) is 9.21 Å². The third kappa shape index (κ3) is 4.09. The summed E-state index contributed by atoms with van der Waals surface area (Å²) in [6, 6.07) is 10.1. The second-order valence-corrected chi connectivity index (χ2v) is 8.64. The van der Waals surface area contributed by atoms with Gasteiger partial charge in [-0.15, -0.1) is 11.3 Å². The summed E-state index contributed by atoms with van der Waals surface area (Å²) in [4.78, 5) is 15.2. The monoisotopic (exact) mass is 380 g/mol. The van der Waals surface area contributed by atoms with Gasteiger partial charge in [0.25, 0.3) is 0 Å². The highest BCUT2D eigenvalue weighted by Crippen LogP contribution is 2.21. The molecule has 0 N–H and O–H groups in total. The summed E-state index contributed by atoms with van der Waals surface area (Å²) in [6.45, 7) is 2.19. The minimum absolute atomic E-state index is 0.0847. The second-order valence-electron chi connectivity index (χ2n) is 5.76. The van der Waals surface area contributed by atoms with Gasteiger partial charge in [0.05, 0.1) is 23.4 Å². The number of carbonyl (C=O) groups excluding carboxylic acids is 1. The van der Waals surface area contributed by atoms with Gasteiger partial charge in [-0.05, 0) is 35.7 Å². The van der Waals surface area contributed by atoms with E-state index in [2.05, 4.69) is 0 Å². The first-order valence-corrected chi connectivity index (χ1v) is 10.3. The van der Waals surface area contributed by atoms with Crippen LogP contribution in [0.1, 0.15) is 9.67 Å². The summed E-state index contributed by atoms with van der Waals surface area (Å²) >= 11 is 1.43.